The molecule has 228 valence electrons. The van der Waals surface area contributed by atoms with Crippen molar-refractivity contribution in [2.75, 3.05) is 55.3 Å². The van der Waals surface area contributed by atoms with Crippen molar-refractivity contribution in [3.63, 3.8) is 0 Å². The van der Waals surface area contributed by atoms with Crippen molar-refractivity contribution in [1.82, 2.24) is 10.2 Å². The molecule has 1 fully saturated rings. The third kappa shape index (κ3) is 7.35. The lowest BCUT2D eigenvalue weighted by Crippen LogP contribution is -2.53. The number of amides is 2. The molecule has 10 nitrogen and oxygen atoms in total. The third-order valence-electron chi connectivity index (χ3n) is 7.89. The summed E-state index contributed by atoms with van der Waals surface area (Å²) in [5.41, 5.74) is 5.84. The van der Waals surface area contributed by atoms with Crippen LogP contribution in [0.5, 0.6) is 5.75 Å². The van der Waals surface area contributed by atoms with Gasteiger partial charge in [-0.15, -0.1) is 0 Å². The maximum Gasteiger partial charge on any atom is 0.265 e. The van der Waals surface area contributed by atoms with E-state index in [9.17, 15) is 18.0 Å². The summed E-state index contributed by atoms with van der Waals surface area (Å²) < 4.78 is 37.1. The van der Waals surface area contributed by atoms with Crippen LogP contribution in [-0.4, -0.2) is 76.9 Å². The zero-order chi connectivity index (χ0) is 30.7. The summed E-state index contributed by atoms with van der Waals surface area (Å²) in [5.74, 6) is 0.0694. The first kappa shape index (κ1) is 30.5. The van der Waals surface area contributed by atoms with Crippen LogP contribution < -0.4 is 19.7 Å². The van der Waals surface area contributed by atoms with E-state index in [1.54, 1.807) is 25.1 Å². The van der Waals surface area contributed by atoms with E-state index in [-0.39, 0.29) is 24.5 Å². The molecule has 0 spiro atoms. The summed E-state index contributed by atoms with van der Waals surface area (Å²) in [6.07, 6.45) is 1.12. The smallest absolute Gasteiger partial charge is 0.265 e. The van der Waals surface area contributed by atoms with Crippen LogP contribution in [0.4, 0.5) is 11.4 Å². The number of benzene rings is 3. The van der Waals surface area contributed by atoms with E-state index in [2.05, 4.69) is 14.9 Å². The first-order valence-corrected chi connectivity index (χ1v) is 16.2. The Bertz CT molecular complexity index is 1600. The average Bonchev–Trinajstić information content (AvgIpc) is 2.97. The Kier molecular flexibility index (Phi) is 9.05. The lowest BCUT2D eigenvalue weighted by atomic mass is 9.99. The van der Waals surface area contributed by atoms with Crippen LogP contribution in [0.1, 0.15) is 29.7 Å². The van der Waals surface area contributed by atoms with Gasteiger partial charge in [0.05, 0.1) is 31.2 Å². The molecular weight excluding hydrogens is 568 g/mol. The number of morpholine rings is 1. The van der Waals surface area contributed by atoms with E-state index >= 15 is 0 Å². The molecule has 11 heteroatoms. The number of carbonyl (C=O) groups excluding carboxylic acids is 2. The lowest BCUT2D eigenvalue weighted by molar-refractivity contribution is -0.128. The van der Waals surface area contributed by atoms with Gasteiger partial charge >= 0.3 is 0 Å². The van der Waals surface area contributed by atoms with E-state index in [0.29, 0.717) is 36.9 Å². The fourth-order valence-corrected chi connectivity index (χ4v) is 5.97. The first-order chi connectivity index (χ1) is 20.5. The Hall–Kier alpha value is -3.93. The monoisotopic (exact) mass is 606 g/mol. The summed E-state index contributed by atoms with van der Waals surface area (Å²) >= 11 is 0. The Morgan fingerprint density at radius 2 is 1.67 bits per heavy atom. The first-order valence-electron chi connectivity index (χ1n) is 14.3. The highest BCUT2D eigenvalue weighted by atomic mass is 32.2. The molecule has 2 aliphatic rings. The van der Waals surface area contributed by atoms with Crippen LogP contribution >= 0.6 is 0 Å². The second-order valence-electron chi connectivity index (χ2n) is 11.2. The Labute approximate surface area is 253 Å². The van der Waals surface area contributed by atoms with E-state index < -0.39 is 16.1 Å². The number of fused-ring (bicyclic) bond motifs is 1. The molecule has 2 N–H and O–H groups in total. The molecule has 0 aromatic heterocycles. The van der Waals surface area contributed by atoms with Crippen molar-refractivity contribution in [3.05, 3.63) is 77.4 Å². The van der Waals surface area contributed by atoms with Crippen LogP contribution in [0.25, 0.3) is 11.1 Å². The molecule has 2 amide bonds. The van der Waals surface area contributed by atoms with Crippen molar-refractivity contribution in [2.24, 2.45) is 0 Å². The highest BCUT2D eigenvalue weighted by molar-refractivity contribution is 7.92. The van der Waals surface area contributed by atoms with Gasteiger partial charge in [-0.1, -0.05) is 36.4 Å². The van der Waals surface area contributed by atoms with E-state index in [4.69, 9.17) is 9.47 Å². The second-order valence-corrected chi connectivity index (χ2v) is 12.9. The van der Waals surface area contributed by atoms with Crippen LogP contribution in [0.3, 0.4) is 0 Å². The summed E-state index contributed by atoms with van der Waals surface area (Å²) in [6, 6.07) is 17.8. The maximum atomic E-state index is 13.8. The normalized spacial score (nSPS) is 17.0. The number of nitrogens with one attached hydrogen (secondary N) is 2. The van der Waals surface area contributed by atoms with Gasteiger partial charge in [-0.2, -0.15) is 0 Å². The third-order valence-corrected chi connectivity index (χ3v) is 8.50. The number of rotatable bonds is 9. The summed E-state index contributed by atoms with van der Waals surface area (Å²) in [4.78, 5) is 30.6. The summed E-state index contributed by atoms with van der Waals surface area (Å²) in [6.45, 7) is 8.94. The molecular formula is C32H38N4O6S. The van der Waals surface area contributed by atoms with Gasteiger partial charge in [0, 0.05) is 25.3 Å². The molecule has 5 rings (SSSR count). The number of hydrogen-bond donors (Lipinski definition) is 2. The number of nitrogens with zero attached hydrogens (tertiary/aromatic N) is 2. The predicted octanol–water partition coefficient (Wildman–Crippen LogP) is 3.65. The van der Waals surface area contributed by atoms with Crippen molar-refractivity contribution in [2.45, 2.75) is 32.9 Å². The minimum atomic E-state index is -3.39. The standard InChI is InChI=1S/C32H38N4O6S/c1-21-16-29-30(17-22(21)2)42-20-31(37)36(29)23(3)32(38)33-28(19-35-12-14-41-15-13-35)25-10-8-24(9-11-25)26-6-5-7-27(18-26)34-43(4,39)40/h5-11,16-18,23,28,34H,12-15,19-20H2,1-4H3,(H,33,38). The van der Waals surface area contributed by atoms with Gasteiger partial charge < -0.3 is 14.8 Å². The molecule has 0 saturated carbocycles. The van der Waals surface area contributed by atoms with Gasteiger partial charge in [-0.3, -0.25) is 24.1 Å². The van der Waals surface area contributed by atoms with Gasteiger partial charge in [0.25, 0.3) is 5.91 Å². The number of aryl methyl sites for hydroxylation is 2. The van der Waals surface area contributed by atoms with Gasteiger partial charge in [0.15, 0.2) is 6.61 Å². The summed E-state index contributed by atoms with van der Waals surface area (Å²) in [7, 11) is -3.39. The Balaban J connectivity index is 1.38. The van der Waals surface area contributed by atoms with Gasteiger partial charge in [0.1, 0.15) is 11.8 Å². The molecule has 2 atom stereocenters. The van der Waals surface area contributed by atoms with Crippen molar-refractivity contribution in [3.8, 4) is 16.9 Å². The lowest BCUT2D eigenvalue weighted by Gasteiger charge is -2.35. The largest absolute Gasteiger partial charge is 0.482 e. The SMILES string of the molecule is Cc1cc2c(cc1C)N(C(C)C(=O)NC(CN1CCOCC1)c1ccc(-c3cccc(NS(C)(=O)=O)c3)cc1)C(=O)CO2. The Morgan fingerprint density at radius 3 is 2.37 bits per heavy atom. The molecule has 2 unspecified atom stereocenters. The molecule has 0 aliphatic carbocycles. The Morgan fingerprint density at radius 1 is 0.977 bits per heavy atom. The number of anilines is 2. The van der Waals surface area contributed by atoms with E-state index in [0.717, 1.165) is 47.2 Å². The van der Waals surface area contributed by atoms with Crippen LogP contribution in [0, 0.1) is 13.8 Å². The zero-order valence-corrected chi connectivity index (χ0v) is 25.7. The number of sulfonamides is 1. The van der Waals surface area contributed by atoms with Crippen molar-refractivity contribution in [1.29, 1.82) is 0 Å². The van der Waals surface area contributed by atoms with Gasteiger partial charge in [0.2, 0.25) is 15.9 Å². The van der Waals surface area contributed by atoms with E-state index in [1.165, 1.54) is 4.90 Å². The van der Waals surface area contributed by atoms with Crippen LogP contribution in [0.2, 0.25) is 0 Å². The fourth-order valence-electron chi connectivity index (χ4n) is 5.42. The topological polar surface area (TPSA) is 117 Å². The average molecular weight is 607 g/mol. The molecule has 3 aromatic carbocycles. The summed E-state index contributed by atoms with van der Waals surface area (Å²) in [5, 5.41) is 3.22. The predicted molar refractivity (Wildman–Crippen MR) is 167 cm³/mol. The fraction of sp³-hybridized carbons (Fsp3) is 0.375. The van der Waals surface area contributed by atoms with Crippen LogP contribution in [-0.2, 0) is 24.3 Å². The molecule has 2 aliphatic heterocycles. The highest BCUT2D eigenvalue weighted by Gasteiger charge is 2.34. The molecule has 1 saturated heterocycles. The van der Waals surface area contributed by atoms with Crippen molar-refractivity contribution >= 4 is 33.2 Å². The molecule has 3 aromatic rings. The van der Waals surface area contributed by atoms with Crippen molar-refractivity contribution < 1.29 is 27.5 Å². The minimum absolute atomic E-state index is 0.118. The van der Waals surface area contributed by atoms with Crippen LogP contribution in [0.15, 0.2) is 60.7 Å². The highest BCUT2D eigenvalue weighted by Crippen LogP contribution is 2.36. The molecule has 0 bridgehead atoms. The van der Waals surface area contributed by atoms with Gasteiger partial charge in [-0.05, 0) is 72.9 Å². The minimum Gasteiger partial charge on any atom is -0.482 e. The molecule has 2 heterocycles. The van der Waals surface area contributed by atoms with E-state index in [1.807, 2.05) is 56.3 Å². The number of carbonyl (C=O) groups is 2. The molecule has 0 radical (unpaired) electrons. The number of ether oxygens (including phenoxy) is 2. The zero-order valence-electron chi connectivity index (χ0n) is 24.9. The maximum absolute atomic E-state index is 13.8. The molecule has 43 heavy (non-hydrogen) atoms. The second kappa shape index (κ2) is 12.7. The number of hydrogen-bond acceptors (Lipinski definition) is 7. The van der Waals surface area contributed by atoms with Gasteiger partial charge in [-0.25, -0.2) is 8.42 Å². The quantitative estimate of drug-likeness (QED) is 0.382.